The number of carbonyl (C=O) groups excluding carboxylic acids is 1. The van der Waals surface area contributed by atoms with Crippen molar-refractivity contribution in [1.82, 2.24) is 5.32 Å². The average molecular weight is 340 g/mol. The number of aliphatic imine (C=N–C) groups is 1. The first-order valence-electron chi connectivity index (χ1n) is 7.14. The molecule has 0 saturated carbocycles. The zero-order chi connectivity index (χ0) is 16.2. The predicted octanol–water partition coefficient (Wildman–Crippen LogP) is 4.61. The molecule has 0 aliphatic carbocycles. The van der Waals surface area contributed by atoms with Crippen LogP contribution in [0.5, 0.6) is 0 Å². The van der Waals surface area contributed by atoms with Gasteiger partial charge < -0.3 is 5.32 Å². The molecule has 2 aromatic rings. The van der Waals surface area contributed by atoms with Gasteiger partial charge in [0.15, 0.2) is 5.17 Å². The van der Waals surface area contributed by atoms with Crippen LogP contribution in [-0.2, 0) is 4.79 Å². The number of benzene rings is 2. The van der Waals surface area contributed by atoms with Crippen molar-refractivity contribution in [2.45, 2.75) is 11.8 Å². The average Bonchev–Trinajstić information content (AvgIpc) is 2.90. The summed E-state index contributed by atoms with van der Waals surface area (Å²) in [6.45, 7) is 2.03. The van der Waals surface area contributed by atoms with E-state index in [0.717, 1.165) is 11.3 Å². The predicted molar refractivity (Wildman–Crippen MR) is 100 cm³/mol. The highest BCUT2D eigenvalue weighted by Crippen LogP contribution is 2.28. The Kier molecular flexibility index (Phi) is 4.88. The van der Waals surface area contributed by atoms with Gasteiger partial charge in [-0.25, -0.2) is 4.99 Å². The summed E-state index contributed by atoms with van der Waals surface area (Å²) < 4.78 is 0. The van der Waals surface area contributed by atoms with Crippen molar-refractivity contribution in [3.63, 3.8) is 0 Å². The van der Waals surface area contributed by atoms with Crippen LogP contribution in [0.1, 0.15) is 11.1 Å². The van der Waals surface area contributed by atoms with Crippen molar-refractivity contribution < 1.29 is 4.79 Å². The zero-order valence-electron chi connectivity index (χ0n) is 12.9. The quantitative estimate of drug-likeness (QED) is 0.655. The van der Waals surface area contributed by atoms with Crippen LogP contribution in [0.4, 0.5) is 5.69 Å². The fourth-order valence-corrected chi connectivity index (χ4v) is 3.32. The second kappa shape index (κ2) is 7.06. The molecule has 1 N–H and O–H groups in total. The van der Waals surface area contributed by atoms with Crippen molar-refractivity contribution in [2.75, 3.05) is 6.26 Å². The molecular formula is C18H16N2OS2. The van der Waals surface area contributed by atoms with Gasteiger partial charge in [-0.2, -0.15) is 0 Å². The first-order valence-corrected chi connectivity index (χ1v) is 9.18. The van der Waals surface area contributed by atoms with Crippen molar-refractivity contribution in [1.29, 1.82) is 0 Å². The molecule has 116 valence electrons. The second-order valence-electron chi connectivity index (χ2n) is 5.09. The van der Waals surface area contributed by atoms with Crippen LogP contribution < -0.4 is 5.32 Å². The van der Waals surface area contributed by atoms with E-state index >= 15 is 0 Å². The maximum Gasteiger partial charge on any atom is 0.264 e. The van der Waals surface area contributed by atoms with E-state index in [2.05, 4.69) is 22.4 Å². The highest BCUT2D eigenvalue weighted by molar-refractivity contribution is 8.18. The van der Waals surface area contributed by atoms with E-state index in [1.54, 1.807) is 11.8 Å². The highest BCUT2D eigenvalue weighted by Gasteiger charge is 2.23. The molecule has 5 heteroatoms. The largest absolute Gasteiger partial charge is 0.300 e. The number of hydrogen-bond acceptors (Lipinski definition) is 4. The van der Waals surface area contributed by atoms with Crippen LogP contribution in [0, 0.1) is 6.92 Å². The minimum Gasteiger partial charge on any atom is -0.300 e. The molecule has 0 spiro atoms. The summed E-state index contributed by atoms with van der Waals surface area (Å²) in [6, 6.07) is 16.0. The Bertz CT molecular complexity index is 778. The van der Waals surface area contributed by atoms with Crippen LogP contribution in [0.2, 0.25) is 0 Å². The molecule has 0 atom stereocenters. The second-order valence-corrected chi connectivity index (χ2v) is 7.00. The minimum absolute atomic E-state index is 0.102. The Morgan fingerprint density at radius 3 is 2.43 bits per heavy atom. The van der Waals surface area contributed by atoms with E-state index in [9.17, 15) is 4.79 Å². The number of amidine groups is 1. The van der Waals surface area contributed by atoms with E-state index in [1.165, 1.54) is 22.2 Å². The number of carbonyl (C=O) groups is 1. The third kappa shape index (κ3) is 4.06. The summed E-state index contributed by atoms with van der Waals surface area (Å²) in [5, 5.41) is 3.43. The summed E-state index contributed by atoms with van der Waals surface area (Å²) in [5.41, 5.74) is 3.03. The molecule has 3 nitrogen and oxygen atoms in total. The number of nitrogens with zero attached hydrogens (tertiary/aromatic N) is 1. The Hall–Kier alpha value is -1.98. The lowest BCUT2D eigenvalue weighted by atomic mass is 10.2. The monoisotopic (exact) mass is 340 g/mol. The molecular weight excluding hydrogens is 324 g/mol. The fourth-order valence-electron chi connectivity index (χ4n) is 2.07. The van der Waals surface area contributed by atoms with E-state index in [0.29, 0.717) is 10.1 Å². The molecule has 1 heterocycles. The Balaban J connectivity index is 1.78. The SMILES string of the molecule is CSc1ccc(/C=C2\SC(=Nc3ccc(C)cc3)NC2=O)cc1. The van der Waals surface area contributed by atoms with E-state index < -0.39 is 0 Å². The summed E-state index contributed by atoms with van der Waals surface area (Å²) in [7, 11) is 0. The number of rotatable bonds is 3. The first kappa shape index (κ1) is 15.9. The topological polar surface area (TPSA) is 41.5 Å². The van der Waals surface area contributed by atoms with Gasteiger partial charge in [0, 0.05) is 4.90 Å². The maximum atomic E-state index is 12.1. The molecule has 1 saturated heterocycles. The van der Waals surface area contributed by atoms with Gasteiger partial charge >= 0.3 is 0 Å². The van der Waals surface area contributed by atoms with E-state index in [4.69, 9.17) is 0 Å². The number of thioether (sulfide) groups is 2. The third-order valence-corrected chi connectivity index (χ3v) is 4.98. The Labute approximate surface area is 144 Å². The van der Waals surface area contributed by atoms with Gasteiger partial charge in [-0.1, -0.05) is 29.8 Å². The van der Waals surface area contributed by atoms with Crippen LogP contribution in [0.3, 0.4) is 0 Å². The number of amides is 1. The van der Waals surface area contributed by atoms with E-state index in [-0.39, 0.29) is 5.91 Å². The summed E-state index contributed by atoms with van der Waals surface area (Å²) in [4.78, 5) is 18.4. The van der Waals surface area contributed by atoms with Crippen molar-refractivity contribution in [2.24, 2.45) is 4.99 Å². The van der Waals surface area contributed by atoms with Gasteiger partial charge in [0.25, 0.3) is 5.91 Å². The summed E-state index contributed by atoms with van der Waals surface area (Å²) >= 11 is 3.07. The molecule has 0 aromatic heterocycles. The normalized spacial score (nSPS) is 17.7. The van der Waals surface area contributed by atoms with E-state index in [1.807, 2.05) is 55.7 Å². The van der Waals surface area contributed by atoms with Gasteiger partial charge in [0.1, 0.15) is 0 Å². The number of nitrogens with one attached hydrogen (secondary N) is 1. The van der Waals surface area contributed by atoms with Gasteiger partial charge in [-0.15, -0.1) is 11.8 Å². The molecule has 3 rings (SSSR count). The van der Waals surface area contributed by atoms with Crippen LogP contribution >= 0.6 is 23.5 Å². The lowest BCUT2D eigenvalue weighted by Gasteiger charge is -1.98. The summed E-state index contributed by atoms with van der Waals surface area (Å²) in [5.74, 6) is -0.102. The van der Waals surface area contributed by atoms with Gasteiger partial charge in [-0.3, -0.25) is 4.79 Å². The molecule has 0 unspecified atom stereocenters. The molecule has 1 aliphatic heterocycles. The number of aryl methyl sites for hydroxylation is 1. The van der Waals surface area contributed by atoms with Gasteiger partial charge in [0.05, 0.1) is 10.6 Å². The van der Waals surface area contributed by atoms with Gasteiger partial charge in [0.2, 0.25) is 0 Å². The first-order chi connectivity index (χ1) is 11.1. The van der Waals surface area contributed by atoms with Gasteiger partial charge in [-0.05, 0) is 60.8 Å². The number of hydrogen-bond donors (Lipinski definition) is 1. The van der Waals surface area contributed by atoms with Crippen LogP contribution in [0.25, 0.3) is 6.08 Å². The lowest BCUT2D eigenvalue weighted by molar-refractivity contribution is -0.115. The van der Waals surface area contributed by atoms with Crippen LogP contribution in [-0.4, -0.2) is 17.3 Å². The molecule has 0 bridgehead atoms. The highest BCUT2D eigenvalue weighted by atomic mass is 32.2. The molecule has 1 fully saturated rings. The van der Waals surface area contributed by atoms with Crippen molar-refractivity contribution in [3.8, 4) is 0 Å². The third-order valence-electron chi connectivity index (χ3n) is 3.33. The van der Waals surface area contributed by atoms with Crippen molar-refractivity contribution in [3.05, 3.63) is 64.6 Å². The molecule has 23 heavy (non-hydrogen) atoms. The summed E-state index contributed by atoms with van der Waals surface area (Å²) in [6.07, 6.45) is 3.93. The zero-order valence-corrected chi connectivity index (χ0v) is 14.5. The Morgan fingerprint density at radius 2 is 1.78 bits per heavy atom. The van der Waals surface area contributed by atoms with Crippen LogP contribution in [0.15, 0.2) is 63.3 Å². The molecule has 2 aromatic carbocycles. The Morgan fingerprint density at radius 1 is 1.09 bits per heavy atom. The molecule has 0 radical (unpaired) electrons. The molecule has 1 amide bonds. The standard InChI is InChI=1S/C18H16N2OS2/c1-12-3-7-14(8-4-12)19-18-20-17(21)16(23-18)11-13-5-9-15(22-2)10-6-13/h3-11H,1-2H3,(H,19,20,21)/b16-11-. The molecule has 1 aliphatic rings. The maximum absolute atomic E-state index is 12.1. The minimum atomic E-state index is -0.102. The smallest absolute Gasteiger partial charge is 0.264 e. The fraction of sp³-hybridized carbons (Fsp3) is 0.111. The van der Waals surface area contributed by atoms with Crippen molar-refractivity contribution >= 4 is 46.4 Å². The lowest BCUT2D eigenvalue weighted by Crippen LogP contribution is -2.19.